The fourth-order valence-corrected chi connectivity index (χ4v) is 3.94. The van der Waals surface area contributed by atoms with Gasteiger partial charge in [-0.2, -0.15) is 0 Å². The van der Waals surface area contributed by atoms with E-state index in [9.17, 15) is 9.59 Å². The molecular formula is C24H14Cl2O6. The van der Waals surface area contributed by atoms with Crippen LogP contribution in [-0.4, -0.2) is 18.5 Å². The van der Waals surface area contributed by atoms with Crippen LogP contribution in [0.3, 0.4) is 0 Å². The summed E-state index contributed by atoms with van der Waals surface area (Å²) in [7, 11) is 0. The van der Waals surface area contributed by atoms with Gasteiger partial charge in [0.25, 0.3) is 0 Å². The van der Waals surface area contributed by atoms with E-state index < -0.39 is 5.97 Å². The number of ether oxygens (including phenoxy) is 4. The Bertz CT molecular complexity index is 1300. The van der Waals surface area contributed by atoms with Gasteiger partial charge in [-0.05, 0) is 42.5 Å². The maximum Gasteiger partial charge on any atom is 0.345 e. The molecule has 8 heteroatoms. The molecule has 0 fully saturated rings. The van der Waals surface area contributed by atoms with E-state index in [1.807, 2.05) is 0 Å². The van der Waals surface area contributed by atoms with E-state index in [-0.39, 0.29) is 40.4 Å². The molecule has 0 saturated heterocycles. The van der Waals surface area contributed by atoms with Crippen molar-refractivity contribution in [3.8, 4) is 17.2 Å². The van der Waals surface area contributed by atoms with Crippen molar-refractivity contribution < 1.29 is 28.5 Å². The first kappa shape index (κ1) is 20.6. The van der Waals surface area contributed by atoms with Gasteiger partial charge in [0.2, 0.25) is 5.78 Å². The van der Waals surface area contributed by atoms with Crippen molar-refractivity contribution in [1.29, 1.82) is 0 Å². The zero-order valence-electron chi connectivity index (χ0n) is 16.4. The summed E-state index contributed by atoms with van der Waals surface area (Å²) in [6, 6.07) is 14.6. The summed E-state index contributed by atoms with van der Waals surface area (Å²) in [5, 5.41) is 0.772. The van der Waals surface area contributed by atoms with Crippen molar-refractivity contribution >= 4 is 41.0 Å². The number of halogens is 2. The second kappa shape index (κ2) is 8.31. The summed E-state index contributed by atoms with van der Waals surface area (Å²) in [5.74, 6) is 0.295. The maximum atomic E-state index is 12.8. The third-order valence-electron chi connectivity index (χ3n) is 4.94. The highest BCUT2D eigenvalue weighted by Crippen LogP contribution is 2.38. The monoisotopic (exact) mass is 468 g/mol. The summed E-state index contributed by atoms with van der Waals surface area (Å²) in [4.78, 5) is 25.2. The molecule has 0 bridgehead atoms. The molecule has 0 N–H and O–H groups in total. The van der Waals surface area contributed by atoms with Crippen LogP contribution in [0.2, 0.25) is 10.0 Å². The lowest BCUT2D eigenvalue weighted by molar-refractivity contribution is -0.0165. The number of carbonyl (C=O) groups excluding carboxylic acids is 2. The van der Waals surface area contributed by atoms with Crippen LogP contribution in [0.1, 0.15) is 31.8 Å². The summed E-state index contributed by atoms with van der Waals surface area (Å²) >= 11 is 12.3. The SMILES string of the molecule is O=C(Oc1ccc2c(c1)O/C(=C\c1cc(Cl)cc3c1OCOC3)C2=O)c1ccccc1Cl. The summed E-state index contributed by atoms with van der Waals surface area (Å²) in [6.07, 6.45) is 1.58. The van der Waals surface area contributed by atoms with Gasteiger partial charge in [0.1, 0.15) is 17.2 Å². The molecule has 0 amide bonds. The molecule has 0 atom stereocenters. The third-order valence-corrected chi connectivity index (χ3v) is 5.48. The Kier molecular flexibility index (Phi) is 5.35. The molecule has 2 aliphatic rings. The van der Waals surface area contributed by atoms with Gasteiger partial charge >= 0.3 is 5.97 Å². The lowest BCUT2D eigenvalue weighted by atomic mass is 10.1. The van der Waals surface area contributed by atoms with E-state index in [0.717, 1.165) is 5.56 Å². The average Bonchev–Trinajstić information content (AvgIpc) is 3.08. The number of hydrogen-bond acceptors (Lipinski definition) is 6. The third kappa shape index (κ3) is 3.84. The number of carbonyl (C=O) groups is 2. The molecule has 0 aromatic heterocycles. The van der Waals surface area contributed by atoms with E-state index in [1.165, 1.54) is 12.1 Å². The zero-order valence-corrected chi connectivity index (χ0v) is 17.9. The maximum absolute atomic E-state index is 12.8. The summed E-state index contributed by atoms with van der Waals surface area (Å²) in [5.41, 5.74) is 1.99. The van der Waals surface area contributed by atoms with Gasteiger partial charge in [-0.1, -0.05) is 35.3 Å². The Morgan fingerprint density at radius 2 is 1.91 bits per heavy atom. The molecule has 160 valence electrons. The molecule has 2 aliphatic heterocycles. The van der Waals surface area contributed by atoms with Crippen molar-refractivity contribution in [3.63, 3.8) is 0 Å². The van der Waals surface area contributed by atoms with Crippen molar-refractivity contribution in [1.82, 2.24) is 0 Å². The van der Waals surface area contributed by atoms with Crippen LogP contribution in [0.5, 0.6) is 17.2 Å². The highest BCUT2D eigenvalue weighted by atomic mass is 35.5. The van der Waals surface area contributed by atoms with Gasteiger partial charge in [0.05, 0.1) is 22.8 Å². The van der Waals surface area contributed by atoms with Crippen LogP contribution in [0.25, 0.3) is 6.08 Å². The van der Waals surface area contributed by atoms with Crippen LogP contribution in [0.4, 0.5) is 0 Å². The zero-order chi connectivity index (χ0) is 22.2. The smallest absolute Gasteiger partial charge is 0.345 e. The van der Waals surface area contributed by atoms with E-state index in [0.29, 0.717) is 28.5 Å². The topological polar surface area (TPSA) is 71.1 Å². The molecule has 3 aromatic rings. The average molecular weight is 469 g/mol. The Labute approximate surface area is 192 Å². The van der Waals surface area contributed by atoms with Gasteiger partial charge in [-0.25, -0.2) is 4.79 Å². The molecule has 0 radical (unpaired) electrons. The normalized spacial score (nSPS) is 15.6. The number of rotatable bonds is 3. The van der Waals surface area contributed by atoms with E-state index in [4.69, 9.17) is 42.1 Å². The molecule has 3 aromatic carbocycles. The van der Waals surface area contributed by atoms with Crippen LogP contribution < -0.4 is 14.2 Å². The lowest BCUT2D eigenvalue weighted by Gasteiger charge is -2.20. The minimum Gasteiger partial charge on any atom is -0.467 e. The number of benzene rings is 3. The van der Waals surface area contributed by atoms with E-state index >= 15 is 0 Å². The van der Waals surface area contributed by atoms with Crippen molar-refractivity contribution in [2.24, 2.45) is 0 Å². The molecular weight excluding hydrogens is 455 g/mol. The number of esters is 1. The van der Waals surface area contributed by atoms with Gasteiger partial charge < -0.3 is 18.9 Å². The Hall–Kier alpha value is -3.32. The second-order valence-electron chi connectivity index (χ2n) is 7.06. The van der Waals surface area contributed by atoms with Crippen molar-refractivity contribution in [2.75, 3.05) is 6.79 Å². The minimum atomic E-state index is -0.611. The predicted molar refractivity (Wildman–Crippen MR) is 118 cm³/mol. The minimum absolute atomic E-state index is 0.106. The van der Waals surface area contributed by atoms with Gasteiger partial charge in [0, 0.05) is 22.2 Å². The van der Waals surface area contributed by atoms with Gasteiger partial charge in [-0.3, -0.25) is 4.79 Å². The van der Waals surface area contributed by atoms with Crippen LogP contribution in [-0.2, 0) is 11.3 Å². The molecule has 6 nitrogen and oxygen atoms in total. The van der Waals surface area contributed by atoms with Crippen LogP contribution in [0, 0.1) is 0 Å². The number of Topliss-reactive ketones (excluding diaryl/α,β-unsaturated/α-hetero) is 1. The van der Waals surface area contributed by atoms with E-state index in [2.05, 4.69) is 0 Å². The molecule has 32 heavy (non-hydrogen) atoms. The lowest BCUT2D eigenvalue weighted by Crippen LogP contribution is -2.12. The van der Waals surface area contributed by atoms with Crippen LogP contribution in [0.15, 0.2) is 60.4 Å². The first-order valence-corrected chi connectivity index (χ1v) is 10.3. The van der Waals surface area contributed by atoms with Crippen LogP contribution >= 0.6 is 23.2 Å². The van der Waals surface area contributed by atoms with Gasteiger partial charge in [-0.15, -0.1) is 0 Å². The van der Waals surface area contributed by atoms with E-state index in [1.54, 1.807) is 48.5 Å². The molecule has 0 aliphatic carbocycles. The Morgan fingerprint density at radius 1 is 1.06 bits per heavy atom. The summed E-state index contributed by atoms with van der Waals surface area (Å²) < 4.78 is 22.0. The first-order chi connectivity index (χ1) is 15.5. The highest BCUT2D eigenvalue weighted by Gasteiger charge is 2.29. The fourth-order valence-electron chi connectivity index (χ4n) is 3.48. The standard InChI is InChI=1S/C24H14Cl2O6/c25-15-7-13(23-14(8-15)11-29-12-30-23)9-21-22(27)18-6-5-16(10-20(18)32-21)31-24(28)17-3-1-2-4-19(17)26/h1-10H,11-12H2/b21-9-. The molecule has 2 heterocycles. The fraction of sp³-hybridized carbons (Fsp3) is 0.0833. The first-order valence-electron chi connectivity index (χ1n) is 9.57. The van der Waals surface area contributed by atoms with Crippen molar-refractivity contribution in [2.45, 2.75) is 6.61 Å². The predicted octanol–water partition coefficient (Wildman–Crippen LogP) is 5.70. The summed E-state index contributed by atoms with van der Waals surface area (Å²) in [6.45, 7) is 0.473. The molecule has 0 saturated carbocycles. The molecule has 0 unspecified atom stereocenters. The Balaban J connectivity index is 1.42. The molecule has 5 rings (SSSR count). The Morgan fingerprint density at radius 3 is 2.75 bits per heavy atom. The molecule has 0 spiro atoms. The number of fused-ring (bicyclic) bond motifs is 2. The number of ketones is 1. The second-order valence-corrected chi connectivity index (χ2v) is 7.90. The quantitative estimate of drug-likeness (QED) is 0.279. The highest BCUT2D eigenvalue weighted by molar-refractivity contribution is 6.33. The van der Waals surface area contributed by atoms with Gasteiger partial charge in [0.15, 0.2) is 12.6 Å². The number of allylic oxidation sites excluding steroid dienone is 1. The largest absolute Gasteiger partial charge is 0.467 e. The number of hydrogen-bond donors (Lipinski definition) is 0. The van der Waals surface area contributed by atoms with Crippen molar-refractivity contribution in [3.05, 3.63) is 92.7 Å².